The molecule has 1 heterocycles. The van der Waals surface area contributed by atoms with Gasteiger partial charge in [-0.15, -0.1) is 0 Å². The summed E-state index contributed by atoms with van der Waals surface area (Å²) in [6.45, 7) is 6.61. The van der Waals surface area contributed by atoms with Crippen LogP contribution in [0.15, 0.2) is 60.8 Å². The van der Waals surface area contributed by atoms with E-state index in [4.69, 9.17) is 0 Å². The number of aromatic nitrogens is 1. The molecule has 0 aliphatic heterocycles. The van der Waals surface area contributed by atoms with E-state index in [-0.39, 0.29) is 5.41 Å². The number of rotatable bonds is 4. The standard InChI is InChI=1S/C21H23NOS/c1-21(2,3)19-11-9-16(10-12-19)14-24(23)15-18-7-4-6-17-8-5-13-22-20(17)18/h4-13H,14-15H2,1-3H3. The van der Waals surface area contributed by atoms with Gasteiger partial charge in [0.05, 0.1) is 11.3 Å². The Morgan fingerprint density at radius 1 is 0.917 bits per heavy atom. The van der Waals surface area contributed by atoms with Crippen molar-refractivity contribution < 1.29 is 4.21 Å². The summed E-state index contributed by atoms with van der Waals surface area (Å²) in [6, 6.07) is 18.5. The molecule has 3 rings (SSSR count). The second-order valence-corrected chi connectivity index (χ2v) is 8.62. The van der Waals surface area contributed by atoms with Crippen LogP contribution in [0.1, 0.15) is 37.5 Å². The van der Waals surface area contributed by atoms with Crippen LogP contribution in [-0.4, -0.2) is 9.19 Å². The van der Waals surface area contributed by atoms with Gasteiger partial charge in [0.1, 0.15) is 0 Å². The molecule has 0 aliphatic rings. The third kappa shape index (κ3) is 3.90. The molecule has 3 heteroatoms. The van der Waals surface area contributed by atoms with E-state index in [1.165, 1.54) is 5.56 Å². The summed E-state index contributed by atoms with van der Waals surface area (Å²) in [5.41, 5.74) is 4.57. The van der Waals surface area contributed by atoms with Gasteiger partial charge in [0, 0.05) is 28.1 Å². The van der Waals surface area contributed by atoms with Crippen LogP contribution in [0.2, 0.25) is 0 Å². The van der Waals surface area contributed by atoms with Gasteiger partial charge in [-0.25, -0.2) is 0 Å². The SMILES string of the molecule is CC(C)(C)c1ccc(CS(=O)Cc2cccc3cccnc23)cc1. The average Bonchev–Trinajstić information content (AvgIpc) is 2.55. The molecular weight excluding hydrogens is 314 g/mol. The first-order chi connectivity index (χ1) is 11.4. The van der Waals surface area contributed by atoms with Crippen LogP contribution in [0.25, 0.3) is 10.9 Å². The maximum atomic E-state index is 12.6. The van der Waals surface area contributed by atoms with E-state index in [1.54, 1.807) is 6.20 Å². The summed E-state index contributed by atoms with van der Waals surface area (Å²) in [4.78, 5) is 4.45. The van der Waals surface area contributed by atoms with Crippen molar-refractivity contribution in [2.45, 2.75) is 37.7 Å². The Kier molecular flexibility index (Phi) is 4.81. The highest BCUT2D eigenvalue weighted by Crippen LogP contribution is 2.23. The highest BCUT2D eigenvalue weighted by molar-refractivity contribution is 7.83. The number of nitrogens with zero attached hydrogens (tertiary/aromatic N) is 1. The van der Waals surface area contributed by atoms with Gasteiger partial charge in [-0.1, -0.05) is 69.3 Å². The normalized spacial score (nSPS) is 13.1. The Labute approximate surface area is 146 Å². The van der Waals surface area contributed by atoms with Gasteiger partial charge in [-0.3, -0.25) is 9.19 Å². The number of fused-ring (bicyclic) bond motifs is 1. The first kappa shape index (κ1) is 16.8. The van der Waals surface area contributed by atoms with E-state index in [9.17, 15) is 4.21 Å². The minimum atomic E-state index is -0.946. The fourth-order valence-corrected chi connectivity index (χ4v) is 4.04. The second kappa shape index (κ2) is 6.86. The lowest BCUT2D eigenvalue weighted by Crippen LogP contribution is -2.10. The predicted molar refractivity (Wildman–Crippen MR) is 102 cm³/mol. The maximum absolute atomic E-state index is 12.6. The zero-order chi connectivity index (χ0) is 17.2. The van der Waals surface area contributed by atoms with Gasteiger partial charge in [0.15, 0.2) is 0 Å². The molecule has 1 atom stereocenters. The molecule has 0 aliphatic carbocycles. The van der Waals surface area contributed by atoms with E-state index in [2.05, 4.69) is 50.0 Å². The molecule has 3 aromatic rings. The topological polar surface area (TPSA) is 30.0 Å². The number of hydrogen-bond donors (Lipinski definition) is 0. The summed E-state index contributed by atoms with van der Waals surface area (Å²) >= 11 is 0. The number of benzene rings is 2. The Hall–Kier alpha value is -2.00. The molecule has 0 amide bonds. The Morgan fingerprint density at radius 2 is 1.62 bits per heavy atom. The number of pyridine rings is 1. The van der Waals surface area contributed by atoms with Crippen LogP contribution in [-0.2, 0) is 27.7 Å². The zero-order valence-electron chi connectivity index (χ0n) is 14.5. The van der Waals surface area contributed by atoms with E-state index < -0.39 is 10.8 Å². The van der Waals surface area contributed by atoms with Crippen molar-refractivity contribution in [3.8, 4) is 0 Å². The van der Waals surface area contributed by atoms with Crippen LogP contribution >= 0.6 is 0 Å². The average molecular weight is 337 g/mol. The quantitative estimate of drug-likeness (QED) is 0.672. The lowest BCUT2D eigenvalue weighted by Gasteiger charge is -2.19. The van der Waals surface area contributed by atoms with E-state index >= 15 is 0 Å². The van der Waals surface area contributed by atoms with Gasteiger partial charge in [-0.2, -0.15) is 0 Å². The molecule has 0 fully saturated rings. The van der Waals surface area contributed by atoms with Crippen molar-refractivity contribution in [3.63, 3.8) is 0 Å². The van der Waals surface area contributed by atoms with Crippen molar-refractivity contribution >= 4 is 21.7 Å². The van der Waals surface area contributed by atoms with Crippen molar-refractivity contribution in [3.05, 3.63) is 77.5 Å². The molecule has 1 unspecified atom stereocenters. The smallest absolute Gasteiger partial charge is 0.0743 e. The highest BCUT2D eigenvalue weighted by Gasteiger charge is 2.13. The van der Waals surface area contributed by atoms with Gasteiger partial charge in [-0.05, 0) is 28.2 Å². The van der Waals surface area contributed by atoms with Crippen LogP contribution in [0.4, 0.5) is 0 Å². The number of para-hydroxylation sites is 1. The monoisotopic (exact) mass is 337 g/mol. The summed E-state index contributed by atoms with van der Waals surface area (Å²) in [6.07, 6.45) is 1.79. The van der Waals surface area contributed by atoms with Crippen molar-refractivity contribution in [2.24, 2.45) is 0 Å². The lowest BCUT2D eigenvalue weighted by atomic mass is 9.87. The molecule has 124 valence electrons. The van der Waals surface area contributed by atoms with E-state index in [1.807, 2.05) is 30.3 Å². The van der Waals surface area contributed by atoms with Crippen molar-refractivity contribution in [1.29, 1.82) is 0 Å². The Bertz CT molecular complexity index is 858. The molecule has 2 aromatic carbocycles. The van der Waals surface area contributed by atoms with Crippen LogP contribution < -0.4 is 0 Å². The lowest BCUT2D eigenvalue weighted by molar-refractivity contribution is 0.590. The van der Waals surface area contributed by atoms with Gasteiger partial charge >= 0.3 is 0 Å². The Balaban J connectivity index is 1.73. The second-order valence-electron chi connectivity index (χ2n) is 7.17. The number of hydrogen-bond acceptors (Lipinski definition) is 2. The molecule has 0 saturated heterocycles. The van der Waals surface area contributed by atoms with Crippen molar-refractivity contribution in [1.82, 2.24) is 4.98 Å². The zero-order valence-corrected chi connectivity index (χ0v) is 15.3. The third-order valence-electron chi connectivity index (χ3n) is 4.18. The summed E-state index contributed by atoms with van der Waals surface area (Å²) in [5.74, 6) is 1.11. The largest absolute Gasteiger partial charge is 0.259 e. The first-order valence-electron chi connectivity index (χ1n) is 8.20. The predicted octanol–water partition coefficient (Wildman–Crippen LogP) is 4.98. The highest BCUT2D eigenvalue weighted by atomic mass is 32.2. The molecule has 0 radical (unpaired) electrons. The molecule has 0 bridgehead atoms. The molecule has 0 saturated carbocycles. The minimum absolute atomic E-state index is 0.145. The van der Waals surface area contributed by atoms with Crippen LogP contribution in [0, 0.1) is 0 Å². The molecule has 0 N–H and O–H groups in total. The summed E-state index contributed by atoms with van der Waals surface area (Å²) < 4.78 is 12.6. The van der Waals surface area contributed by atoms with E-state index in [0.29, 0.717) is 11.5 Å². The summed E-state index contributed by atoms with van der Waals surface area (Å²) in [7, 11) is -0.946. The third-order valence-corrected chi connectivity index (χ3v) is 5.47. The molecule has 0 spiro atoms. The Morgan fingerprint density at radius 3 is 2.33 bits per heavy atom. The minimum Gasteiger partial charge on any atom is -0.259 e. The van der Waals surface area contributed by atoms with Crippen molar-refractivity contribution in [2.75, 3.05) is 0 Å². The summed E-state index contributed by atoms with van der Waals surface area (Å²) in [5, 5.41) is 1.10. The molecule has 24 heavy (non-hydrogen) atoms. The van der Waals surface area contributed by atoms with Gasteiger partial charge < -0.3 is 0 Å². The molecular formula is C21H23NOS. The fourth-order valence-electron chi connectivity index (χ4n) is 2.80. The fraction of sp³-hybridized carbons (Fsp3) is 0.286. The maximum Gasteiger partial charge on any atom is 0.0743 e. The van der Waals surface area contributed by atoms with Gasteiger partial charge in [0.25, 0.3) is 0 Å². The van der Waals surface area contributed by atoms with Crippen LogP contribution in [0.5, 0.6) is 0 Å². The first-order valence-corrected chi connectivity index (χ1v) is 9.69. The van der Waals surface area contributed by atoms with Crippen LogP contribution in [0.3, 0.4) is 0 Å². The van der Waals surface area contributed by atoms with E-state index in [0.717, 1.165) is 22.0 Å². The molecule has 1 aromatic heterocycles. The van der Waals surface area contributed by atoms with Gasteiger partial charge in [0.2, 0.25) is 0 Å². The molecule has 2 nitrogen and oxygen atoms in total.